The van der Waals surface area contributed by atoms with Crippen LogP contribution in [-0.4, -0.2) is 64.0 Å². The average Bonchev–Trinajstić information content (AvgIpc) is 2.56. The first kappa shape index (κ1) is 16.3. The number of hydrogen-bond donors (Lipinski definition) is 1. The smallest absolute Gasteiger partial charge is 0.307 e. The minimum atomic E-state index is -0.557. The molecular formula is C15H19N5O4. The second-order valence-corrected chi connectivity index (χ2v) is 6.02. The van der Waals surface area contributed by atoms with Gasteiger partial charge in [-0.2, -0.15) is 0 Å². The highest BCUT2D eigenvalue weighted by molar-refractivity contribution is 5.79. The Kier molecular flexibility index (Phi) is 4.45. The summed E-state index contributed by atoms with van der Waals surface area (Å²) in [5.74, 6) is 0. The Hall–Kier alpha value is -2.52. The van der Waals surface area contributed by atoms with E-state index in [2.05, 4.69) is 21.8 Å². The van der Waals surface area contributed by atoms with Gasteiger partial charge in [-0.15, -0.1) is 0 Å². The monoisotopic (exact) mass is 333 g/mol. The number of nitro benzene ring substituents is 1. The number of fused-ring (bicyclic) bond motifs is 1. The van der Waals surface area contributed by atoms with Gasteiger partial charge < -0.3 is 9.88 Å². The molecule has 0 aliphatic carbocycles. The van der Waals surface area contributed by atoms with E-state index in [1.54, 1.807) is 0 Å². The van der Waals surface area contributed by atoms with Gasteiger partial charge in [0.05, 0.1) is 15.8 Å². The highest BCUT2D eigenvalue weighted by Gasteiger charge is 2.16. The summed E-state index contributed by atoms with van der Waals surface area (Å²) in [5.41, 5.74) is -0.842. The van der Waals surface area contributed by atoms with Crippen molar-refractivity contribution in [2.75, 3.05) is 39.8 Å². The van der Waals surface area contributed by atoms with E-state index < -0.39 is 16.2 Å². The fourth-order valence-electron chi connectivity index (χ4n) is 2.87. The van der Waals surface area contributed by atoms with E-state index >= 15 is 0 Å². The number of H-pyrrole nitrogens is 1. The number of nitrogens with zero attached hydrogens (tertiary/aromatic N) is 4. The summed E-state index contributed by atoms with van der Waals surface area (Å²) in [6.45, 7) is 4.54. The highest BCUT2D eigenvalue weighted by atomic mass is 16.6. The van der Waals surface area contributed by atoms with Crippen LogP contribution >= 0.6 is 0 Å². The van der Waals surface area contributed by atoms with Crippen molar-refractivity contribution in [1.82, 2.24) is 19.4 Å². The Morgan fingerprint density at radius 2 is 1.88 bits per heavy atom. The number of aromatic nitrogens is 2. The molecule has 0 spiro atoms. The molecular weight excluding hydrogens is 314 g/mol. The molecule has 1 aromatic carbocycles. The summed E-state index contributed by atoms with van der Waals surface area (Å²) in [7, 11) is 2.06. The third kappa shape index (κ3) is 3.22. The molecule has 9 heteroatoms. The van der Waals surface area contributed by atoms with Crippen LogP contribution in [0.2, 0.25) is 0 Å². The number of nitro groups is 1. The van der Waals surface area contributed by atoms with Crippen LogP contribution in [0.25, 0.3) is 10.9 Å². The van der Waals surface area contributed by atoms with Crippen molar-refractivity contribution in [2.24, 2.45) is 0 Å². The average molecular weight is 333 g/mol. The van der Waals surface area contributed by atoms with Gasteiger partial charge in [-0.25, -0.2) is 4.79 Å². The van der Waals surface area contributed by atoms with E-state index in [1.807, 2.05) is 0 Å². The fourth-order valence-corrected chi connectivity index (χ4v) is 2.87. The number of rotatable bonds is 4. The van der Waals surface area contributed by atoms with Gasteiger partial charge in [-0.05, 0) is 13.1 Å². The molecule has 128 valence electrons. The molecule has 0 bridgehead atoms. The van der Waals surface area contributed by atoms with Crippen LogP contribution in [0.4, 0.5) is 5.69 Å². The molecule has 1 fully saturated rings. The molecule has 1 aliphatic rings. The SMILES string of the molecule is CN1CCN(CCn2c(=O)[nH]c3ccc([N+](=O)[O-])cc3c2=O)CC1. The van der Waals surface area contributed by atoms with E-state index in [9.17, 15) is 19.7 Å². The zero-order valence-corrected chi connectivity index (χ0v) is 13.4. The molecule has 0 unspecified atom stereocenters. The lowest BCUT2D eigenvalue weighted by molar-refractivity contribution is -0.384. The maximum atomic E-state index is 12.5. The first-order chi connectivity index (χ1) is 11.5. The van der Waals surface area contributed by atoms with Gasteiger partial charge in [-0.3, -0.25) is 24.4 Å². The summed E-state index contributed by atoms with van der Waals surface area (Å²) in [4.78, 5) is 42.1. The molecule has 0 saturated carbocycles. The van der Waals surface area contributed by atoms with E-state index in [0.717, 1.165) is 30.7 Å². The summed E-state index contributed by atoms with van der Waals surface area (Å²) in [5, 5.41) is 11.0. The quantitative estimate of drug-likeness (QED) is 0.616. The lowest BCUT2D eigenvalue weighted by Crippen LogP contribution is -2.47. The number of non-ortho nitro benzene ring substituents is 1. The van der Waals surface area contributed by atoms with E-state index in [4.69, 9.17) is 0 Å². The zero-order chi connectivity index (χ0) is 17.3. The largest absolute Gasteiger partial charge is 0.328 e. The molecule has 9 nitrogen and oxygen atoms in total. The second-order valence-electron chi connectivity index (χ2n) is 6.02. The first-order valence-electron chi connectivity index (χ1n) is 7.78. The predicted molar refractivity (Wildman–Crippen MR) is 89.4 cm³/mol. The third-order valence-corrected chi connectivity index (χ3v) is 4.41. The van der Waals surface area contributed by atoms with Crippen molar-refractivity contribution in [3.8, 4) is 0 Å². The van der Waals surface area contributed by atoms with E-state index in [0.29, 0.717) is 12.1 Å². The van der Waals surface area contributed by atoms with Gasteiger partial charge in [-0.1, -0.05) is 0 Å². The standard InChI is InChI=1S/C15H19N5O4/c1-17-4-6-18(7-5-17)8-9-19-14(21)12-10-11(20(23)24)2-3-13(12)16-15(19)22/h2-3,10H,4-9H2,1H3,(H,16,22). The lowest BCUT2D eigenvalue weighted by Gasteiger charge is -2.32. The zero-order valence-electron chi connectivity index (χ0n) is 13.4. The number of nitrogens with one attached hydrogen (secondary N) is 1. The molecule has 1 saturated heterocycles. The van der Waals surface area contributed by atoms with Gasteiger partial charge in [0.15, 0.2) is 0 Å². The normalized spacial score (nSPS) is 16.5. The Morgan fingerprint density at radius 1 is 1.17 bits per heavy atom. The van der Waals surface area contributed by atoms with Gasteiger partial charge in [0.1, 0.15) is 0 Å². The molecule has 1 aliphatic heterocycles. The Labute approximate surface area is 137 Å². The van der Waals surface area contributed by atoms with Gasteiger partial charge in [0, 0.05) is 51.4 Å². The molecule has 2 aromatic rings. The number of benzene rings is 1. The van der Waals surface area contributed by atoms with Gasteiger partial charge in [0.2, 0.25) is 0 Å². The van der Waals surface area contributed by atoms with Crippen LogP contribution in [0, 0.1) is 10.1 Å². The molecule has 24 heavy (non-hydrogen) atoms. The van der Waals surface area contributed by atoms with Crippen molar-refractivity contribution in [3.05, 3.63) is 49.2 Å². The lowest BCUT2D eigenvalue weighted by atomic mass is 10.2. The van der Waals surface area contributed by atoms with Crippen LogP contribution in [-0.2, 0) is 6.54 Å². The number of hydrogen-bond acceptors (Lipinski definition) is 6. The van der Waals surface area contributed by atoms with Crippen molar-refractivity contribution < 1.29 is 4.92 Å². The van der Waals surface area contributed by atoms with Crippen LogP contribution in [0.3, 0.4) is 0 Å². The topological polar surface area (TPSA) is 104 Å². The summed E-state index contributed by atoms with van der Waals surface area (Å²) < 4.78 is 1.12. The van der Waals surface area contributed by atoms with Crippen molar-refractivity contribution in [1.29, 1.82) is 0 Å². The molecule has 0 atom stereocenters. The minimum absolute atomic E-state index is 0.155. The highest BCUT2D eigenvalue weighted by Crippen LogP contribution is 2.15. The van der Waals surface area contributed by atoms with Crippen molar-refractivity contribution in [3.63, 3.8) is 0 Å². The van der Waals surface area contributed by atoms with Gasteiger partial charge in [0.25, 0.3) is 11.2 Å². The Bertz CT molecular complexity index is 880. The number of aromatic amines is 1. The molecule has 2 heterocycles. The second kappa shape index (κ2) is 6.54. The molecule has 1 aromatic heterocycles. The Morgan fingerprint density at radius 3 is 2.54 bits per heavy atom. The van der Waals surface area contributed by atoms with Gasteiger partial charge >= 0.3 is 5.69 Å². The summed E-state index contributed by atoms with van der Waals surface area (Å²) in [6, 6.07) is 3.87. The summed E-state index contributed by atoms with van der Waals surface area (Å²) >= 11 is 0. The van der Waals surface area contributed by atoms with Crippen LogP contribution in [0.5, 0.6) is 0 Å². The first-order valence-corrected chi connectivity index (χ1v) is 7.78. The van der Waals surface area contributed by atoms with Crippen LogP contribution in [0.1, 0.15) is 0 Å². The number of piperazine rings is 1. The molecule has 0 radical (unpaired) electrons. The predicted octanol–water partition coefficient (Wildman–Crippen LogP) is -0.155. The van der Waals surface area contributed by atoms with E-state index in [1.165, 1.54) is 18.2 Å². The molecule has 1 N–H and O–H groups in total. The van der Waals surface area contributed by atoms with Crippen LogP contribution < -0.4 is 11.2 Å². The maximum Gasteiger partial charge on any atom is 0.328 e. The van der Waals surface area contributed by atoms with E-state index in [-0.39, 0.29) is 17.6 Å². The minimum Gasteiger partial charge on any atom is -0.307 e. The molecule has 0 amide bonds. The molecule has 3 rings (SSSR count). The summed E-state index contributed by atoms with van der Waals surface area (Å²) in [6.07, 6.45) is 0. The van der Waals surface area contributed by atoms with Crippen molar-refractivity contribution >= 4 is 16.6 Å². The van der Waals surface area contributed by atoms with Crippen LogP contribution in [0.15, 0.2) is 27.8 Å². The third-order valence-electron chi connectivity index (χ3n) is 4.41. The maximum absolute atomic E-state index is 12.5. The Balaban J connectivity index is 1.88. The fraction of sp³-hybridized carbons (Fsp3) is 0.467. The number of likely N-dealkylation sites (N-methyl/N-ethyl adjacent to an activating group) is 1. The van der Waals surface area contributed by atoms with Crippen molar-refractivity contribution in [2.45, 2.75) is 6.54 Å².